The molecule has 0 aliphatic heterocycles. The van der Waals surface area contributed by atoms with Gasteiger partial charge in [0.2, 0.25) is 0 Å². The first-order chi connectivity index (χ1) is 8.41. The summed E-state index contributed by atoms with van der Waals surface area (Å²) < 4.78 is 0. The van der Waals surface area contributed by atoms with Gasteiger partial charge in [0.15, 0.2) is 0 Å². The molecule has 1 heteroatoms. The maximum Gasteiger partial charge on any atom is -0.0250 e. The van der Waals surface area contributed by atoms with E-state index in [1.54, 1.807) is 0 Å². The van der Waals surface area contributed by atoms with E-state index >= 15 is 0 Å². The Morgan fingerprint density at radius 1 is 0.706 bits per heavy atom. The third kappa shape index (κ3) is 16.2. The molecule has 0 rings (SSSR count). The van der Waals surface area contributed by atoms with Crippen molar-refractivity contribution in [1.29, 1.82) is 0 Å². The zero-order valence-electron chi connectivity index (χ0n) is 12.1. The van der Waals surface area contributed by atoms with Crippen molar-refractivity contribution in [1.82, 2.24) is 0 Å². The van der Waals surface area contributed by atoms with Gasteiger partial charge in [-0.1, -0.05) is 92.1 Å². The van der Waals surface area contributed by atoms with Crippen molar-refractivity contribution in [2.45, 2.75) is 84.5 Å². The predicted octanol–water partition coefficient (Wildman–Crippen LogP) is 6.78. The van der Waals surface area contributed by atoms with E-state index in [9.17, 15) is 0 Å². The highest BCUT2D eigenvalue weighted by molar-refractivity contribution is 7.41. The van der Waals surface area contributed by atoms with Crippen molar-refractivity contribution in [3.05, 3.63) is 11.9 Å². The summed E-state index contributed by atoms with van der Waals surface area (Å²) in [6.45, 7) is 4.52. The van der Waals surface area contributed by atoms with Crippen LogP contribution in [-0.2, 0) is 0 Å². The van der Waals surface area contributed by atoms with Gasteiger partial charge in [0.25, 0.3) is 0 Å². The zero-order valence-corrected chi connectivity index (χ0v) is 13.0. The number of hydrogen-bond donors (Lipinski definition) is 0. The lowest BCUT2D eigenvalue weighted by Crippen LogP contribution is -1.82. The number of hydrogen-bond acceptors (Lipinski definition) is 0. The van der Waals surface area contributed by atoms with Gasteiger partial charge < -0.3 is 0 Å². The molecule has 0 N–H and O–H groups in total. The molecule has 0 atom stereocenters. The van der Waals surface area contributed by atoms with Gasteiger partial charge >= 0.3 is 0 Å². The molecule has 0 bridgehead atoms. The summed E-state index contributed by atoms with van der Waals surface area (Å²) in [5, 5.41) is 0. The van der Waals surface area contributed by atoms with E-state index in [1.807, 2.05) is 0 Å². The van der Waals surface area contributed by atoms with Gasteiger partial charge in [-0.15, -0.1) is 0 Å². The highest BCUT2D eigenvalue weighted by Gasteiger charge is 1.91. The summed E-state index contributed by atoms with van der Waals surface area (Å²) in [6.07, 6.45) is 19.2. The number of allylic oxidation sites excluding steroid dienone is 1. The molecular formula is C16H32P. The Kier molecular flexibility index (Phi) is 16.3. The minimum atomic E-state index is 1.25. The molecule has 0 aromatic heterocycles. The Balaban J connectivity index is 2.94. The largest absolute Gasteiger partial charge is 0.0837 e. The van der Waals surface area contributed by atoms with Crippen LogP contribution in [0.1, 0.15) is 84.5 Å². The fraction of sp³-hybridized carbons (Fsp3) is 0.875. The molecule has 0 heterocycles. The molecule has 0 saturated carbocycles. The molecule has 0 fully saturated rings. The minimum Gasteiger partial charge on any atom is -0.0837 e. The smallest absolute Gasteiger partial charge is 0.0250 e. The second-order valence-corrected chi connectivity index (χ2v) is 6.02. The second-order valence-electron chi connectivity index (χ2n) is 4.91. The van der Waals surface area contributed by atoms with Crippen molar-refractivity contribution in [2.24, 2.45) is 0 Å². The first-order valence-electron chi connectivity index (χ1n) is 7.73. The minimum absolute atomic E-state index is 1.25. The van der Waals surface area contributed by atoms with Crippen molar-refractivity contribution in [3.63, 3.8) is 0 Å². The van der Waals surface area contributed by atoms with E-state index in [0.717, 1.165) is 0 Å². The van der Waals surface area contributed by atoms with Gasteiger partial charge in [-0.05, 0) is 19.0 Å². The van der Waals surface area contributed by atoms with E-state index < -0.39 is 0 Å². The molecule has 0 aliphatic rings. The van der Waals surface area contributed by atoms with Crippen molar-refractivity contribution in [3.8, 4) is 0 Å². The quantitative estimate of drug-likeness (QED) is 0.251. The molecule has 0 saturated heterocycles. The van der Waals surface area contributed by atoms with Crippen LogP contribution >= 0.6 is 8.58 Å². The van der Waals surface area contributed by atoms with Gasteiger partial charge in [0.1, 0.15) is 0 Å². The first kappa shape index (κ1) is 17.2. The molecule has 0 aliphatic carbocycles. The van der Waals surface area contributed by atoms with Crippen molar-refractivity contribution < 1.29 is 0 Å². The number of unbranched alkanes of at least 4 members (excludes halogenated alkanes) is 9. The zero-order chi connectivity index (χ0) is 12.6. The molecule has 1 radical (unpaired) electrons. The Bertz CT molecular complexity index is 152. The summed E-state index contributed by atoms with van der Waals surface area (Å²) in [5.41, 5.74) is 0. The lowest BCUT2D eigenvalue weighted by molar-refractivity contribution is 0.573. The van der Waals surface area contributed by atoms with Gasteiger partial charge in [0.05, 0.1) is 0 Å². The van der Waals surface area contributed by atoms with E-state index in [-0.39, 0.29) is 0 Å². The molecule has 0 unspecified atom stereocenters. The third-order valence-corrected chi connectivity index (χ3v) is 4.05. The summed E-state index contributed by atoms with van der Waals surface area (Å²) in [6, 6.07) is 0. The molecule has 0 aromatic rings. The molecule has 17 heavy (non-hydrogen) atoms. The van der Waals surface area contributed by atoms with E-state index in [0.29, 0.717) is 0 Å². The van der Waals surface area contributed by atoms with Crippen LogP contribution in [0.15, 0.2) is 11.9 Å². The van der Waals surface area contributed by atoms with Gasteiger partial charge in [0, 0.05) is 0 Å². The van der Waals surface area contributed by atoms with Crippen LogP contribution < -0.4 is 0 Å². The first-order valence-corrected chi connectivity index (χ1v) is 8.88. The van der Waals surface area contributed by atoms with Crippen LogP contribution in [0.2, 0.25) is 0 Å². The molecule has 0 nitrogen and oxygen atoms in total. The van der Waals surface area contributed by atoms with Crippen LogP contribution in [0.3, 0.4) is 0 Å². The molecule has 0 aromatic carbocycles. The van der Waals surface area contributed by atoms with Crippen LogP contribution in [0.25, 0.3) is 0 Å². The predicted molar refractivity (Wildman–Crippen MR) is 83.1 cm³/mol. The summed E-state index contributed by atoms with van der Waals surface area (Å²) in [4.78, 5) is 0. The van der Waals surface area contributed by atoms with Crippen molar-refractivity contribution >= 4 is 8.58 Å². The fourth-order valence-electron chi connectivity index (χ4n) is 1.90. The molecular weight excluding hydrogens is 223 g/mol. The average molecular weight is 255 g/mol. The van der Waals surface area contributed by atoms with E-state index in [4.69, 9.17) is 0 Å². The normalized spacial score (nSPS) is 12.1. The lowest BCUT2D eigenvalue weighted by atomic mass is 10.1. The number of rotatable bonds is 13. The summed E-state index contributed by atoms with van der Waals surface area (Å²) in [5.74, 6) is 2.34. The fourth-order valence-corrected chi connectivity index (χ4v) is 2.76. The summed E-state index contributed by atoms with van der Waals surface area (Å²) in [7, 11) is 1.53. The van der Waals surface area contributed by atoms with Gasteiger partial charge in [-0.2, -0.15) is 0 Å². The standard InChI is InChI=1S/C16H32P/c1-3-5-7-8-9-10-11-12-14-16-17-15-13-6-4-2/h13,15H,3-12,14,16H2,1-2H3/b15-13+. The Labute approximate surface area is 111 Å². The lowest BCUT2D eigenvalue weighted by Gasteiger charge is -2.01. The third-order valence-electron chi connectivity index (χ3n) is 3.06. The Hall–Kier alpha value is 0.170. The average Bonchev–Trinajstić information content (AvgIpc) is 2.35. The topological polar surface area (TPSA) is 0 Å². The van der Waals surface area contributed by atoms with Gasteiger partial charge in [-0.3, -0.25) is 0 Å². The van der Waals surface area contributed by atoms with Crippen LogP contribution in [-0.4, -0.2) is 6.16 Å². The van der Waals surface area contributed by atoms with Crippen molar-refractivity contribution in [2.75, 3.05) is 6.16 Å². The molecule has 101 valence electrons. The SMILES string of the molecule is CCC/C=C/[P]CCCCCCCCCCC. The highest BCUT2D eigenvalue weighted by atomic mass is 31.1. The van der Waals surface area contributed by atoms with E-state index in [1.165, 1.54) is 85.4 Å². The highest BCUT2D eigenvalue weighted by Crippen LogP contribution is 2.17. The maximum absolute atomic E-state index is 2.34. The monoisotopic (exact) mass is 255 g/mol. The van der Waals surface area contributed by atoms with Crippen LogP contribution in [0.4, 0.5) is 0 Å². The molecule has 0 spiro atoms. The molecule has 0 amide bonds. The van der Waals surface area contributed by atoms with Crippen LogP contribution in [0, 0.1) is 0 Å². The van der Waals surface area contributed by atoms with Gasteiger partial charge in [-0.25, -0.2) is 0 Å². The summed E-state index contributed by atoms with van der Waals surface area (Å²) >= 11 is 0. The van der Waals surface area contributed by atoms with E-state index in [2.05, 4.69) is 25.7 Å². The maximum atomic E-state index is 2.34. The van der Waals surface area contributed by atoms with Crippen LogP contribution in [0.5, 0.6) is 0 Å². The second kappa shape index (κ2) is 16.2. The Morgan fingerprint density at radius 3 is 1.88 bits per heavy atom. The Morgan fingerprint density at radius 2 is 1.29 bits per heavy atom.